The van der Waals surface area contributed by atoms with Crippen LogP contribution in [0.1, 0.15) is 34.0 Å². The number of halogens is 2. The van der Waals surface area contributed by atoms with Crippen LogP contribution in [-0.4, -0.2) is 19.6 Å². The van der Waals surface area contributed by atoms with Crippen LogP contribution in [0.3, 0.4) is 0 Å². The smallest absolute Gasteiger partial charge is 0.131 e. The van der Waals surface area contributed by atoms with Gasteiger partial charge in [0.05, 0.1) is 22.8 Å². The fraction of sp³-hybridized carbons (Fsp3) is 0.111. The highest BCUT2D eigenvalue weighted by Gasteiger charge is 2.32. The lowest BCUT2D eigenvalue weighted by Crippen LogP contribution is -2.12. The first-order chi connectivity index (χ1) is 16.9. The van der Waals surface area contributed by atoms with Crippen LogP contribution in [0.15, 0.2) is 78.9 Å². The van der Waals surface area contributed by atoms with Crippen molar-refractivity contribution in [3.05, 3.63) is 117 Å². The highest BCUT2D eigenvalue weighted by Crippen LogP contribution is 2.44. The number of para-hydroxylation sites is 2. The van der Waals surface area contributed by atoms with E-state index in [4.69, 9.17) is 44.9 Å². The summed E-state index contributed by atoms with van der Waals surface area (Å²) in [4.78, 5) is 0. The minimum absolute atomic E-state index is 0.408. The van der Waals surface area contributed by atoms with E-state index < -0.39 is 5.92 Å². The summed E-state index contributed by atoms with van der Waals surface area (Å²) in [5.41, 5.74) is 19.3. The first kappa shape index (κ1) is 23.0. The molecule has 0 spiro atoms. The molecule has 6 nitrogen and oxygen atoms in total. The summed E-state index contributed by atoms with van der Waals surface area (Å²) in [5.74, 6) is 0.613. The second kappa shape index (κ2) is 9.13. The molecule has 5 rings (SSSR count). The van der Waals surface area contributed by atoms with Crippen molar-refractivity contribution in [1.82, 2.24) is 19.6 Å². The van der Waals surface area contributed by atoms with Crippen LogP contribution in [-0.2, 0) is 0 Å². The molecule has 0 saturated heterocycles. The van der Waals surface area contributed by atoms with Crippen molar-refractivity contribution in [3.8, 4) is 11.4 Å². The van der Waals surface area contributed by atoms with Crippen molar-refractivity contribution in [3.63, 3.8) is 0 Å². The Balaban J connectivity index is 1.78. The van der Waals surface area contributed by atoms with E-state index in [1.54, 1.807) is 15.4 Å². The van der Waals surface area contributed by atoms with Gasteiger partial charge in [0.2, 0.25) is 0 Å². The number of hydrogen-bond acceptors (Lipinski definition) is 4. The van der Waals surface area contributed by atoms with Gasteiger partial charge in [-0.15, -0.1) is 0 Å². The fourth-order valence-electron chi connectivity index (χ4n) is 4.55. The Labute approximate surface area is 213 Å². The largest absolute Gasteiger partial charge is 0.383 e. The molecule has 0 aliphatic rings. The maximum absolute atomic E-state index is 6.77. The molecule has 0 bridgehead atoms. The van der Waals surface area contributed by atoms with Gasteiger partial charge >= 0.3 is 0 Å². The van der Waals surface area contributed by atoms with Crippen molar-refractivity contribution in [1.29, 1.82) is 0 Å². The molecule has 0 amide bonds. The Morgan fingerprint density at radius 3 is 1.57 bits per heavy atom. The number of nitrogens with zero attached hydrogens (tertiary/aromatic N) is 4. The second-order valence-electron chi connectivity index (χ2n) is 8.36. The molecule has 0 saturated carbocycles. The summed E-state index contributed by atoms with van der Waals surface area (Å²) in [6.45, 7) is 3.88. The number of benzene rings is 3. The van der Waals surface area contributed by atoms with Gasteiger partial charge in [0.15, 0.2) is 0 Å². The number of rotatable bonds is 5. The van der Waals surface area contributed by atoms with E-state index in [1.807, 2.05) is 86.6 Å². The Bertz CT molecular complexity index is 1420. The van der Waals surface area contributed by atoms with Crippen LogP contribution in [0.2, 0.25) is 10.0 Å². The van der Waals surface area contributed by atoms with E-state index >= 15 is 0 Å². The lowest BCUT2D eigenvalue weighted by molar-refractivity contribution is 0.871. The first-order valence-electron chi connectivity index (χ1n) is 11.1. The molecule has 0 aliphatic carbocycles. The molecule has 8 heteroatoms. The van der Waals surface area contributed by atoms with Gasteiger partial charge in [-0.25, -0.2) is 9.36 Å². The van der Waals surface area contributed by atoms with Gasteiger partial charge in [-0.3, -0.25) is 0 Å². The molecule has 176 valence electrons. The topological polar surface area (TPSA) is 87.7 Å². The average molecular weight is 503 g/mol. The van der Waals surface area contributed by atoms with E-state index in [0.717, 1.165) is 39.5 Å². The van der Waals surface area contributed by atoms with Crippen molar-refractivity contribution >= 4 is 34.8 Å². The molecule has 4 N–H and O–H groups in total. The number of aryl methyl sites for hydroxylation is 2. The van der Waals surface area contributed by atoms with Gasteiger partial charge in [0.25, 0.3) is 0 Å². The van der Waals surface area contributed by atoms with Crippen LogP contribution in [0, 0.1) is 13.8 Å². The number of hydrogen-bond donors (Lipinski definition) is 2. The molecule has 5 aromatic rings. The third-order valence-corrected chi connectivity index (χ3v) is 6.70. The molecular weight excluding hydrogens is 479 g/mol. The Morgan fingerprint density at radius 2 is 1.14 bits per heavy atom. The third kappa shape index (κ3) is 4.05. The van der Waals surface area contributed by atoms with Gasteiger partial charge < -0.3 is 11.5 Å². The third-order valence-electron chi connectivity index (χ3n) is 6.14. The summed E-state index contributed by atoms with van der Waals surface area (Å²) >= 11 is 13.0. The molecule has 35 heavy (non-hydrogen) atoms. The normalized spacial score (nSPS) is 11.3. The Kier molecular flexibility index (Phi) is 6.01. The van der Waals surface area contributed by atoms with Gasteiger partial charge in [0.1, 0.15) is 11.6 Å². The molecule has 2 heterocycles. The SMILES string of the molecule is Cc1nn(-c2ccccc2)c(N)c1C(c1ccc(Cl)cc1Cl)c1c(C)nn(-c2ccccc2)c1N. The fourth-order valence-corrected chi connectivity index (χ4v) is 5.07. The number of nitrogen functional groups attached to an aromatic ring is 2. The second-order valence-corrected chi connectivity index (χ2v) is 9.21. The number of anilines is 2. The minimum atomic E-state index is -0.408. The first-order valence-corrected chi connectivity index (χ1v) is 11.9. The van der Waals surface area contributed by atoms with Gasteiger partial charge in [-0.1, -0.05) is 65.7 Å². The van der Waals surface area contributed by atoms with E-state index in [9.17, 15) is 0 Å². The van der Waals surface area contributed by atoms with Crippen LogP contribution < -0.4 is 11.5 Å². The maximum Gasteiger partial charge on any atom is 0.131 e. The van der Waals surface area contributed by atoms with Crippen molar-refractivity contribution in [2.75, 3.05) is 11.5 Å². The summed E-state index contributed by atoms with van der Waals surface area (Å²) < 4.78 is 3.49. The highest BCUT2D eigenvalue weighted by atomic mass is 35.5. The zero-order valence-electron chi connectivity index (χ0n) is 19.3. The van der Waals surface area contributed by atoms with Crippen molar-refractivity contribution < 1.29 is 0 Å². The molecule has 0 fully saturated rings. The van der Waals surface area contributed by atoms with Crippen molar-refractivity contribution in [2.45, 2.75) is 19.8 Å². The van der Waals surface area contributed by atoms with Crippen LogP contribution >= 0.6 is 23.2 Å². The summed E-state index contributed by atoms with van der Waals surface area (Å²) in [6, 6.07) is 25.0. The summed E-state index contributed by atoms with van der Waals surface area (Å²) in [7, 11) is 0. The standard InChI is InChI=1S/C27H24Cl2N6/c1-16-23(26(30)34(32-16)19-9-5-3-6-10-19)25(21-14-13-18(28)15-22(21)29)24-17(2)33-35(27(24)31)20-11-7-4-8-12-20/h3-15,25H,30-31H2,1-2H3. The van der Waals surface area contributed by atoms with E-state index in [1.165, 1.54) is 0 Å². The highest BCUT2D eigenvalue weighted by molar-refractivity contribution is 6.35. The van der Waals surface area contributed by atoms with Crippen molar-refractivity contribution in [2.24, 2.45) is 0 Å². The Morgan fingerprint density at radius 1 is 0.686 bits per heavy atom. The minimum Gasteiger partial charge on any atom is -0.383 e. The lowest BCUT2D eigenvalue weighted by atomic mass is 9.84. The molecule has 3 aromatic carbocycles. The molecule has 0 unspecified atom stereocenters. The van der Waals surface area contributed by atoms with Gasteiger partial charge in [0, 0.05) is 27.1 Å². The molecule has 0 atom stereocenters. The zero-order chi connectivity index (χ0) is 24.7. The van der Waals surface area contributed by atoms with Crippen LogP contribution in [0.4, 0.5) is 11.6 Å². The molecule has 0 aliphatic heterocycles. The monoisotopic (exact) mass is 502 g/mol. The predicted molar refractivity (Wildman–Crippen MR) is 143 cm³/mol. The molecule has 2 aromatic heterocycles. The lowest BCUT2D eigenvalue weighted by Gasteiger charge is -2.21. The Hall–Kier alpha value is -3.74. The van der Waals surface area contributed by atoms with E-state index in [2.05, 4.69) is 0 Å². The summed E-state index contributed by atoms with van der Waals surface area (Å²) in [6.07, 6.45) is 0. The maximum atomic E-state index is 6.77. The van der Waals surface area contributed by atoms with Crippen LogP contribution in [0.25, 0.3) is 11.4 Å². The zero-order valence-corrected chi connectivity index (χ0v) is 20.8. The quantitative estimate of drug-likeness (QED) is 0.294. The van der Waals surface area contributed by atoms with Gasteiger partial charge in [-0.05, 0) is 55.8 Å². The molecular formula is C27H24Cl2N6. The van der Waals surface area contributed by atoms with Crippen LogP contribution in [0.5, 0.6) is 0 Å². The summed E-state index contributed by atoms with van der Waals surface area (Å²) in [5, 5.41) is 10.6. The van der Waals surface area contributed by atoms with E-state index in [0.29, 0.717) is 21.7 Å². The number of nitrogens with two attached hydrogens (primary N) is 2. The number of aromatic nitrogens is 4. The van der Waals surface area contributed by atoms with E-state index in [-0.39, 0.29) is 0 Å². The predicted octanol–water partition coefficient (Wildman–Crippen LogP) is 6.33. The average Bonchev–Trinajstić information content (AvgIpc) is 3.32. The molecule has 0 radical (unpaired) electrons. The van der Waals surface area contributed by atoms with Gasteiger partial charge in [-0.2, -0.15) is 10.2 Å².